The first-order chi connectivity index (χ1) is 5.29. The van der Waals surface area contributed by atoms with Crippen molar-refractivity contribution in [1.29, 1.82) is 0 Å². The van der Waals surface area contributed by atoms with Gasteiger partial charge < -0.3 is 5.32 Å². The molecule has 3 nitrogen and oxygen atoms in total. The molecule has 0 saturated carbocycles. The number of rotatable bonds is 0. The summed E-state index contributed by atoms with van der Waals surface area (Å²) in [4.78, 5) is 0. The molecule has 1 aliphatic rings. The van der Waals surface area contributed by atoms with E-state index in [0.29, 0.717) is 10.3 Å². The minimum atomic E-state index is 0.453. The number of hydrogen-bond acceptors (Lipinski definition) is 3. The summed E-state index contributed by atoms with van der Waals surface area (Å²) in [5.41, 5.74) is 1.96. The van der Waals surface area contributed by atoms with Gasteiger partial charge in [0.15, 0.2) is 10.3 Å². The van der Waals surface area contributed by atoms with Crippen molar-refractivity contribution >= 4 is 23.2 Å². The van der Waals surface area contributed by atoms with E-state index in [1.54, 1.807) is 0 Å². The number of aromatic nitrogens is 2. The molecule has 5 heteroatoms. The summed E-state index contributed by atoms with van der Waals surface area (Å²) in [6.45, 7) is 1.48. The Labute approximate surface area is 73.7 Å². The third-order valence-electron chi connectivity index (χ3n) is 1.69. The van der Waals surface area contributed by atoms with E-state index in [4.69, 9.17) is 23.2 Å². The van der Waals surface area contributed by atoms with Crippen LogP contribution in [0.1, 0.15) is 11.1 Å². The first-order valence-electron chi connectivity index (χ1n) is 3.19. The van der Waals surface area contributed by atoms with Gasteiger partial charge in [0.05, 0.1) is 0 Å². The predicted molar refractivity (Wildman–Crippen MR) is 42.6 cm³/mol. The summed E-state index contributed by atoms with van der Waals surface area (Å²) in [6, 6.07) is 0. The van der Waals surface area contributed by atoms with Crippen molar-refractivity contribution in [3.8, 4) is 0 Å². The first kappa shape index (κ1) is 7.28. The SMILES string of the molecule is Clc1nnc(Cl)c2c1CNC2. The highest BCUT2D eigenvalue weighted by Gasteiger charge is 2.18. The summed E-state index contributed by atoms with van der Waals surface area (Å²) in [5, 5.41) is 11.4. The largest absolute Gasteiger partial charge is 0.308 e. The van der Waals surface area contributed by atoms with Gasteiger partial charge in [0.1, 0.15) is 0 Å². The summed E-state index contributed by atoms with van der Waals surface area (Å²) in [5.74, 6) is 0. The number of nitrogens with zero attached hydrogens (tertiary/aromatic N) is 2. The fourth-order valence-corrected chi connectivity index (χ4v) is 1.57. The van der Waals surface area contributed by atoms with Gasteiger partial charge in [-0.1, -0.05) is 23.2 Å². The quantitative estimate of drug-likeness (QED) is 0.671. The standard InChI is InChI=1S/C6H5Cl2N3/c7-5-3-1-9-2-4(3)6(8)11-10-5/h9H,1-2H2. The van der Waals surface area contributed by atoms with Crippen LogP contribution in [-0.4, -0.2) is 10.2 Å². The Morgan fingerprint density at radius 2 is 1.45 bits per heavy atom. The van der Waals surface area contributed by atoms with Crippen LogP contribution in [0.2, 0.25) is 10.3 Å². The van der Waals surface area contributed by atoms with E-state index in [-0.39, 0.29) is 0 Å². The van der Waals surface area contributed by atoms with Gasteiger partial charge in [-0.3, -0.25) is 0 Å². The maximum Gasteiger partial charge on any atom is 0.156 e. The molecule has 0 spiro atoms. The van der Waals surface area contributed by atoms with E-state index in [2.05, 4.69) is 15.5 Å². The number of hydrogen-bond donors (Lipinski definition) is 1. The van der Waals surface area contributed by atoms with E-state index in [1.807, 2.05) is 0 Å². The molecule has 58 valence electrons. The smallest absolute Gasteiger partial charge is 0.156 e. The van der Waals surface area contributed by atoms with Crippen molar-refractivity contribution in [2.45, 2.75) is 13.1 Å². The molecule has 0 radical (unpaired) electrons. The van der Waals surface area contributed by atoms with E-state index in [0.717, 1.165) is 24.2 Å². The zero-order chi connectivity index (χ0) is 7.84. The third kappa shape index (κ3) is 1.09. The monoisotopic (exact) mass is 189 g/mol. The van der Waals surface area contributed by atoms with Gasteiger partial charge in [-0.05, 0) is 0 Å². The van der Waals surface area contributed by atoms with E-state index >= 15 is 0 Å². The van der Waals surface area contributed by atoms with Crippen LogP contribution in [0.25, 0.3) is 0 Å². The molecule has 0 bridgehead atoms. The highest BCUT2D eigenvalue weighted by atomic mass is 35.5. The van der Waals surface area contributed by atoms with E-state index in [1.165, 1.54) is 0 Å². The first-order valence-corrected chi connectivity index (χ1v) is 3.95. The molecule has 1 aromatic heterocycles. The molecule has 11 heavy (non-hydrogen) atoms. The third-order valence-corrected chi connectivity index (χ3v) is 2.30. The average Bonchev–Trinajstić information content (AvgIpc) is 2.45. The molecule has 0 atom stereocenters. The zero-order valence-corrected chi connectivity index (χ0v) is 7.08. The van der Waals surface area contributed by atoms with E-state index < -0.39 is 0 Å². The summed E-state index contributed by atoms with van der Waals surface area (Å²) in [6.07, 6.45) is 0. The molecule has 1 aromatic rings. The highest BCUT2D eigenvalue weighted by Crippen LogP contribution is 2.25. The molecule has 0 aromatic carbocycles. The zero-order valence-electron chi connectivity index (χ0n) is 5.56. The Hall–Kier alpha value is -0.380. The molecule has 0 amide bonds. The molecule has 0 aliphatic carbocycles. The second-order valence-corrected chi connectivity index (χ2v) is 3.06. The van der Waals surface area contributed by atoms with Crippen molar-refractivity contribution in [2.75, 3.05) is 0 Å². The topological polar surface area (TPSA) is 37.8 Å². The lowest BCUT2D eigenvalue weighted by Gasteiger charge is -1.98. The second kappa shape index (κ2) is 2.59. The minimum Gasteiger partial charge on any atom is -0.308 e. The molecule has 2 heterocycles. The second-order valence-electron chi connectivity index (χ2n) is 2.34. The van der Waals surface area contributed by atoms with Gasteiger partial charge in [0, 0.05) is 24.2 Å². The maximum absolute atomic E-state index is 5.77. The average molecular weight is 190 g/mol. The Morgan fingerprint density at radius 3 is 1.91 bits per heavy atom. The molecule has 1 N–H and O–H groups in total. The van der Waals surface area contributed by atoms with Crippen molar-refractivity contribution in [3.05, 3.63) is 21.4 Å². The van der Waals surface area contributed by atoms with Crippen LogP contribution in [0.5, 0.6) is 0 Å². The fourth-order valence-electron chi connectivity index (χ4n) is 1.13. The van der Waals surface area contributed by atoms with Crippen LogP contribution in [0.15, 0.2) is 0 Å². The van der Waals surface area contributed by atoms with Gasteiger partial charge in [-0.25, -0.2) is 0 Å². The predicted octanol–water partition coefficient (Wildman–Crippen LogP) is 1.39. The van der Waals surface area contributed by atoms with Crippen molar-refractivity contribution < 1.29 is 0 Å². The summed E-state index contributed by atoms with van der Waals surface area (Å²) >= 11 is 11.5. The van der Waals surface area contributed by atoms with Crippen LogP contribution in [0.3, 0.4) is 0 Å². The minimum absolute atomic E-state index is 0.453. The van der Waals surface area contributed by atoms with Crippen molar-refractivity contribution in [2.24, 2.45) is 0 Å². The molecule has 0 fully saturated rings. The van der Waals surface area contributed by atoms with Crippen LogP contribution in [0, 0.1) is 0 Å². The van der Waals surface area contributed by atoms with Gasteiger partial charge in [0.2, 0.25) is 0 Å². The lowest BCUT2D eigenvalue weighted by Crippen LogP contribution is -2.00. The Morgan fingerprint density at radius 1 is 1.00 bits per heavy atom. The number of halogens is 2. The molecule has 1 aliphatic heterocycles. The van der Waals surface area contributed by atoms with Crippen LogP contribution in [-0.2, 0) is 13.1 Å². The number of nitrogens with one attached hydrogen (secondary N) is 1. The van der Waals surface area contributed by atoms with Gasteiger partial charge >= 0.3 is 0 Å². The Balaban J connectivity index is 2.64. The maximum atomic E-state index is 5.77. The van der Waals surface area contributed by atoms with Crippen LogP contribution >= 0.6 is 23.2 Å². The fraction of sp³-hybridized carbons (Fsp3) is 0.333. The summed E-state index contributed by atoms with van der Waals surface area (Å²) < 4.78 is 0. The normalized spacial score (nSPS) is 15.1. The Kier molecular flexibility index (Phi) is 1.71. The van der Waals surface area contributed by atoms with Crippen LogP contribution in [0.4, 0.5) is 0 Å². The summed E-state index contributed by atoms with van der Waals surface area (Å²) in [7, 11) is 0. The van der Waals surface area contributed by atoms with Gasteiger partial charge in [0.25, 0.3) is 0 Å². The van der Waals surface area contributed by atoms with Gasteiger partial charge in [-0.2, -0.15) is 0 Å². The molecule has 2 rings (SSSR count). The lowest BCUT2D eigenvalue weighted by atomic mass is 10.2. The van der Waals surface area contributed by atoms with E-state index in [9.17, 15) is 0 Å². The lowest BCUT2D eigenvalue weighted by molar-refractivity contribution is 0.764. The van der Waals surface area contributed by atoms with Crippen molar-refractivity contribution in [3.63, 3.8) is 0 Å². The Bertz CT molecular complexity index is 271. The molecule has 0 unspecified atom stereocenters. The molecular weight excluding hydrogens is 185 g/mol. The molecule has 0 saturated heterocycles. The van der Waals surface area contributed by atoms with Gasteiger partial charge in [-0.15, -0.1) is 10.2 Å². The highest BCUT2D eigenvalue weighted by molar-refractivity contribution is 6.32. The van der Waals surface area contributed by atoms with Crippen molar-refractivity contribution in [1.82, 2.24) is 15.5 Å². The number of fused-ring (bicyclic) bond motifs is 1. The van der Waals surface area contributed by atoms with Crippen LogP contribution < -0.4 is 5.32 Å². The molecular formula is C6H5Cl2N3.